The van der Waals surface area contributed by atoms with Crippen LogP contribution in [0.25, 0.3) is 0 Å². The van der Waals surface area contributed by atoms with E-state index < -0.39 is 30.0 Å². The van der Waals surface area contributed by atoms with Crippen LogP contribution < -0.4 is 5.73 Å². The van der Waals surface area contributed by atoms with Gasteiger partial charge in [-0.1, -0.05) is 6.42 Å². The fourth-order valence-corrected chi connectivity index (χ4v) is 2.01. The van der Waals surface area contributed by atoms with Crippen LogP contribution >= 0.6 is 0 Å². The molecule has 0 saturated heterocycles. The number of carboxylic acids is 1. The molecule has 1 rings (SSSR count). The van der Waals surface area contributed by atoms with Crippen molar-refractivity contribution in [3.8, 4) is 0 Å². The predicted molar refractivity (Wildman–Crippen MR) is 42.5 cm³/mol. The largest absolute Gasteiger partial charge is 0.480 e. The second-order valence-corrected chi connectivity index (χ2v) is 3.61. The monoisotopic (exact) mass is 211 g/mol. The summed E-state index contributed by atoms with van der Waals surface area (Å²) in [4.78, 5) is 10.5. The van der Waals surface area contributed by atoms with Crippen LogP contribution in [0.4, 0.5) is 13.2 Å². The minimum absolute atomic E-state index is 0.00481. The Kier molecular flexibility index (Phi) is 3.04. The van der Waals surface area contributed by atoms with Gasteiger partial charge in [0.2, 0.25) is 0 Å². The van der Waals surface area contributed by atoms with Crippen LogP contribution in [-0.4, -0.2) is 23.3 Å². The van der Waals surface area contributed by atoms with Crippen LogP contribution in [0.3, 0.4) is 0 Å². The zero-order chi connectivity index (χ0) is 10.9. The first-order chi connectivity index (χ1) is 6.34. The van der Waals surface area contributed by atoms with Gasteiger partial charge >= 0.3 is 12.1 Å². The molecule has 1 aliphatic rings. The summed E-state index contributed by atoms with van der Waals surface area (Å²) in [6.07, 6.45) is -3.68. The molecule has 14 heavy (non-hydrogen) atoms. The first-order valence-corrected chi connectivity index (χ1v) is 4.39. The van der Waals surface area contributed by atoms with E-state index in [-0.39, 0.29) is 12.8 Å². The maximum absolute atomic E-state index is 12.4. The Bertz CT molecular complexity index is 229. The molecule has 0 radical (unpaired) electrons. The molecule has 82 valence electrons. The van der Waals surface area contributed by atoms with Crippen LogP contribution in [-0.2, 0) is 4.79 Å². The highest BCUT2D eigenvalue weighted by molar-refractivity contribution is 5.73. The molecule has 1 fully saturated rings. The number of aliphatic carboxylic acids is 1. The summed E-state index contributed by atoms with van der Waals surface area (Å²) < 4.78 is 37.2. The van der Waals surface area contributed by atoms with Gasteiger partial charge in [-0.25, -0.2) is 0 Å². The van der Waals surface area contributed by atoms with Gasteiger partial charge in [0, 0.05) is 0 Å². The molecule has 0 bridgehead atoms. The van der Waals surface area contributed by atoms with E-state index in [1.165, 1.54) is 0 Å². The molecule has 1 aliphatic carbocycles. The zero-order valence-electron chi connectivity index (χ0n) is 7.42. The quantitative estimate of drug-likeness (QED) is 0.725. The second kappa shape index (κ2) is 3.76. The Morgan fingerprint density at radius 2 is 2.00 bits per heavy atom. The van der Waals surface area contributed by atoms with E-state index in [4.69, 9.17) is 10.8 Å². The Labute approximate surface area is 79.1 Å². The fraction of sp³-hybridized carbons (Fsp3) is 0.875. The highest BCUT2D eigenvalue weighted by Crippen LogP contribution is 2.44. The van der Waals surface area contributed by atoms with Crippen LogP contribution in [0.1, 0.15) is 19.3 Å². The summed E-state index contributed by atoms with van der Waals surface area (Å²) in [6.45, 7) is 0. The third-order valence-corrected chi connectivity index (χ3v) is 2.74. The number of carbonyl (C=O) groups is 1. The molecule has 0 heterocycles. The molecule has 0 aromatic carbocycles. The molecular formula is C8H12F3NO2. The van der Waals surface area contributed by atoms with Gasteiger partial charge in [-0.2, -0.15) is 13.2 Å². The van der Waals surface area contributed by atoms with Crippen LogP contribution in [0.5, 0.6) is 0 Å². The van der Waals surface area contributed by atoms with Crippen molar-refractivity contribution in [1.29, 1.82) is 0 Å². The number of rotatable bonds is 2. The summed E-state index contributed by atoms with van der Waals surface area (Å²) in [7, 11) is 0. The van der Waals surface area contributed by atoms with Crippen molar-refractivity contribution >= 4 is 5.97 Å². The lowest BCUT2D eigenvalue weighted by Gasteiger charge is -2.24. The van der Waals surface area contributed by atoms with Gasteiger partial charge in [0.05, 0.1) is 5.92 Å². The van der Waals surface area contributed by atoms with Gasteiger partial charge in [-0.15, -0.1) is 0 Å². The molecule has 6 heteroatoms. The van der Waals surface area contributed by atoms with E-state index in [0.29, 0.717) is 6.42 Å². The van der Waals surface area contributed by atoms with Crippen molar-refractivity contribution < 1.29 is 23.1 Å². The lowest BCUT2D eigenvalue weighted by Crippen LogP contribution is -2.43. The van der Waals surface area contributed by atoms with Gasteiger partial charge in [0.25, 0.3) is 0 Å². The van der Waals surface area contributed by atoms with E-state index in [1.54, 1.807) is 0 Å². The van der Waals surface area contributed by atoms with E-state index in [1.807, 2.05) is 0 Å². The lowest BCUT2D eigenvalue weighted by atomic mass is 9.89. The molecule has 0 aromatic rings. The third-order valence-electron chi connectivity index (χ3n) is 2.74. The van der Waals surface area contributed by atoms with Crippen molar-refractivity contribution in [2.75, 3.05) is 0 Å². The first kappa shape index (κ1) is 11.3. The van der Waals surface area contributed by atoms with Crippen LogP contribution in [0.2, 0.25) is 0 Å². The molecule has 3 unspecified atom stereocenters. The highest BCUT2D eigenvalue weighted by atomic mass is 19.4. The molecule has 0 amide bonds. The van der Waals surface area contributed by atoms with Gasteiger partial charge in [-0.05, 0) is 18.8 Å². The van der Waals surface area contributed by atoms with E-state index in [2.05, 4.69) is 0 Å². The van der Waals surface area contributed by atoms with Crippen LogP contribution in [0, 0.1) is 11.8 Å². The molecule has 0 aliphatic heterocycles. The lowest BCUT2D eigenvalue weighted by molar-refractivity contribution is -0.186. The van der Waals surface area contributed by atoms with Gasteiger partial charge in [0.1, 0.15) is 6.04 Å². The summed E-state index contributed by atoms with van der Waals surface area (Å²) >= 11 is 0. The summed E-state index contributed by atoms with van der Waals surface area (Å²) in [5, 5.41) is 8.53. The van der Waals surface area contributed by atoms with Crippen molar-refractivity contribution in [3.63, 3.8) is 0 Å². The average molecular weight is 211 g/mol. The Morgan fingerprint density at radius 3 is 2.43 bits per heavy atom. The molecule has 3 N–H and O–H groups in total. The minimum Gasteiger partial charge on any atom is -0.480 e. The highest BCUT2D eigenvalue weighted by Gasteiger charge is 2.49. The van der Waals surface area contributed by atoms with Crippen molar-refractivity contribution in [2.45, 2.75) is 31.5 Å². The van der Waals surface area contributed by atoms with E-state index in [9.17, 15) is 18.0 Å². The molecule has 3 atom stereocenters. The fourth-order valence-electron chi connectivity index (χ4n) is 2.01. The number of alkyl halides is 3. The molecule has 0 aromatic heterocycles. The molecule has 3 nitrogen and oxygen atoms in total. The first-order valence-electron chi connectivity index (χ1n) is 4.39. The number of hydrogen-bond acceptors (Lipinski definition) is 2. The summed E-state index contributed by atoms with van der Waals surface area (Å²) in [5.41, 5.74) is 5.21. The SMILES string of the molecule is NC(C(=O)O)C1CCCC1C(F)(F)F. The molecule has 1 saturated carbocycles. The van der Waals surface area contributed by atoms with Crippen molar-refractivity contribution in [3.05, 3.63) is 0 Å². The zero-order valence-corrected chi connectivity index (χ0v) is 7.42. The summed E-state index contributed by atoms with van der Waals surface area (Å²) in [6, 6.07) is -1.40. The topological polar surface area (TPSA) is 63.3 Å². The normalized spacial score (nSPS) is 30.3. The second-order valence-electron chi connectivity index (χ2n) is 3.61. The van der Waals surface area contributed by atoms with E-state index in [0.717, 1.165) is 0 Å². The molecular weight excluding hydrogens is 199 g/mol. The maximum Gasteiger partial charge on any atom is 0.392 e. The maximum atomic E-state index is 12.4. The van der Waals surface area contributed by atoms with Crippen molar-refractivity contribution in [1.82, 2.24) is 0 Å². The van der Waals surface area contributed by atoms with Gasteiger partial charge in [-0.3, -0.25) is 4.79 Å². The van der Waals surface area contributed by atoms with Gasteiger partial charge in [0.15, 0.2) is 0 Å². The predicted octanol–water partition coefficient (Wildman–Crippen LogP) is 1.38. The smallest absolute Gasteiger partial charge is 0.392 e. The number of hydrogen-bond donors (Lipinski definition) is 2. The number of nitrogens with two attached hydrogens (primary N) is 1. The van der Waals surface area contributed by atoms with Crippen molar-refractivity contribution in [2.24, 2.45) is 17.6 Å². The van der Waals surface area contributed by atoms with Gasteiger partial charge < -0.3 is 10.8 Å². The number of halogens is 3. The van der Waals surface area contributed by atoms with E-state index >= 15 is 0 Å². The molecule has 0 spiro atoms. The Hall–Kier alpha value is -0.780. The summed E-state index contributed by atoms with van der Waals surface area (Å²) in [5.74, 6) is -3.87. The standard InChI is InChI=1S/C8H12F3NO2/c9-8(10,11)5-3-1-2-4(5)6(12)7(13)14/h4-6H,1-3,12H2,(H,13,14). The number of carboxylic acid groups (broad SMARTS) is 1. The van der Waals surface area contributed by atoms with Crippen LogP contribution in [0.15, 0.2) is 0 Å². The average Bonchev–Trinajstić information content (AvgIpc) is 2.48. The Morgan fingerprint density at radius 1 is 1.43 bits per heavy atom. The third kappa shape index (κ3) is 2.17. The minimum atomic E-state index is -4.33. The Balaban J connectivity index is 2.74.